The maximum absolute atomic E-state index is 13.0. The fraction of sp³-hybridized carbons (Fsp3) is 0.167. The van der Waals surface area contributed by atoms with E-state index in [4.69, 9.17) is 0 Å². The third-order valence-corrected chi connectivity index (χ3v) is 3.57. The molecule has 0 spiro atoms. The van der Waals surface area contributed by atoms with Crippen molar-refractivity contribution in [2.75, 3.05) is 12.4 Å². The van der Waals surface area contributed by atoms with Gasteiger partial charge < -0.3 is 10.1 Å². The van der Waals surface area contributed by atoms with Gasteiger partial charge in [-0.25, -0.2) is 9.18 Å². The van der Waals surface area contributed by atoms with Crippen LogP contribution in [0.3, 0.4) is 0 Å². The van der Waals surface area contributed by atoms with E-state index in [2.05, 4.69) is 10.1 Å². The zero-order valence-corrected chi connectivity index (χ0v) is 13.7. The lowest BCUT2D eigenvalue weighted by molar-refractivity contribution is -0.384. The first-order chi connectivity index (χ1) is 11.9. The minimum absolute atomic E-state index is 0.124. The Labute approximate surface area is 144 Å². The SMILES string of the molecule is COC(=O)/C=C/c1ccc(NC(C)c2ccc(F)cc2)c([N+](=O)[O-])c1. The van der Waals surface area contributed by atoms with Crippen LogP contribution in [0.4, 0.5) is 15.8 Å². The van der Waals surface area contributed by atoms with Gasteiger partial charge in [0.05, 0.1) is 12.0 Å². The maximum Gasteiger partial charge on any atom is 0.330 e. The van der Waals surface area contributed by atoms with Crippen LogP contribution in [-0.2, 0) is 9.53 Å². The van der Waals surface area contributed by atoms with Gasteiger partial charge in [0.2, 0.25) is 0 Å². The standard InChI is InChI=1S/C18H17FN2O4/c1-12(14-5-7-15(19)8-6-14)20-16-9-3-13(4-10-18(22)25-2)11-17(16)21(23)24/h3-12,20H,1-2H3/b10-4+. The molecule has 2 rings (SSSR count). The summed E-state index contributed by atoms with van der Waals surface area (Å²) < 4.78 is 17.5. The molecule has 0 radical (unpaired) electrons. The van der Waals surface area contributed by atoms with E-state index in [1.54, 1.807) is 24.3 Å². The maximum atomic E-state index is 13.0. The Morgan fingerprint density at radius 2 is 1.96 bits per heavy atom. The highest BCUT2D eigenvalue weighted by Crippen LogP contribution is 2.29. The van der Waals surface area contributed by atoms with E-state index in [1.165, 1.54) is 37.5 Å². The van der Waals surface area contributed by atoms with Crippen LogP contribution in [0.5, 0.6) is 0 Å². The topological polar surface area (TPSA) is 81.5 Å². The van der Waals surface area contributed by atoms with Crippen molar-refractivity contribution < 1.29 is 18.8 Å². The number of methoxy groups -OCH3 is 1. The van der Waals surface area contributed by atoms with Crippen LogP contribution in [0, 0.1) is 15.9 Å². The molecule has 2 aromatic carbocycles. The predicted molar refractivity (Wildman–Crippen MR) is 92.6 cm³/mol. The monoisotopic (exact) mass is 344 g/mol. The molecule has 0 aliphatic rings. The van der Waals surface area contributed by atoms with Gasteiger partial charge in [0.1, 0.15) is 11.5 Å². The summed E-state index contributed by atoms with van der Waals surface area (Å²) in [5, 5.41) is 14.4. The Morgan fingerprint density at radius 1 is 1.28 bits per heavy atom. The molecule has 0 saturated heterocycles. The van der Waals surface area contributed by atoms with Crippen LogP contribution in [0.25, 0.3) is 6.08 Å². The Morgan fingerprint density at radius 3 is 2.56 bits per heavy atom. The Bertz CT molecular complexity index is 803. The number of carbonyl (C=O) groups excluding carboxylic acids is 1. The molecule has 2 aromatic rings. The summed E-state index contributed by atoms with van der Waals surface area (Å²) in [7, 11) is 1.25. The number of carbonyl (C=O) groups is 1. The number of nitro benzene ring substituents is 1. The Hall–Kier alpha value is -3.22. The lowest BCUT2D eigenvalue weighted by atomic mass is 10.1. The Kier molecular flexibility index (Phi) is 5.84. The number of rotatable bonds is 6. The van der Waals surface area contributed by atoms with Gasteiger partial charge in [-0.1, -0.05) is 18.2 Å². The molecular formula is C18H17FN2O4. The lowest BCUT2D eigenvalue weighted by Crippen LogP contribution is -2.08. The smallest absolute Gasteiger partial charge is 0.330 e. The number of esters is 1. The van der Waals surface area contributed by atoms with Gasteiger partial charge in [-0.15, -0.1) is 0 Å². The molecule has 1 unspecified atom stereocenters. The van der Waals surface area contributed by atoms with E-state index < -0.39 is 10.9 Å². The fourth-order valence-corrected chi connectivity index (χ4v) is 2.23. The molecule has 0 aliphatic carbocycles. The van der Waals surface area contributed by atoms with E-state index in [0.717, 1.165) is 5.56 Å². The minimum atomic E-state index is -0.546. The molecule has 1 N–H and O–H groups in total. The van der Waals surface area contributed by atoms with Gasteiger partial charge in [0.25, 0.3) is 5.69 Å². The van der Waals surface area contributed by atoms with E-state index >= 15 is 0 Å². The van der Waals surface area contributed by atoms with E-state index in [-0.39, 0.29) is 17.5 Å². The molecule has 0 amide bonds. The number of nitrogens with one attached hydrogen (secondary N) is 1. The first-order valence-electron chi connectivity index (χ1n) is 7.47. The van der Waals surface area contributed by atoms with Crippen LogP contribution < -0.4 is 5.32 Å². The van der Waals surface area contributed by atoms with Crippen LogP contribution >= 0.6 is 0 Å². The van der Waals surface area contributed by atoms with Crippen molar-refractivity contribution in [3.63, 3.8) is 0 Å². The molecule has 6 nitrogen and oxygen atoms in total. The van der Waals surface area contributed by atoms with Crippen LogP contribution in [-0.4, -0.2) is 18.0 Å². The normalized spacial score (nSPS) is 12.0. The molecule has 1 atom stereocenters. The number of hydrogen-bond donors (Lipinski definition) is 1. The second kappa shape index (κ2) is 8.05. The molecule has 130 valence electrons. The predicted octanol–water partition coefficient (Wildman–Crippen LogP) is 4.09. The number of hydrogen-bond acceptors (Lipinski definition) is 5. The van der Waals surface area contributed by atoms with Crippen LogP contribution in [0.2, 0.25) is 0 Å². The summed E-state index contributed by atoms with van der Waals surface area (Å²) in [6.07, 6.45) is 2.62. The number of nitrogens with zero attached hydrogens (tertiary/aromatic N) is 1. The molecule has 0 aromatic heterocycles. The van der Waals surface area contributed by atoms with Crippen LogP contribution in [0.15, 0.2) is 48.5 Å². The van der Waals surface area contributed by atoms with Crippen molar-refractivity contribution >= 4 is 23.4 Å². The molecule has 0 saturated carbocycles. The number of anilines is 1. The minimum Gasteiger partial charge on any atom is -0.466 e. The molecule has 7 heteroatoms. The molecule has 0 bridgehead atoms. The molecule has 0 fully saturated rings. The largest absolute Gasteiger partial charge is 0.466 e. The fourth-order valence-electron chi connectivity index (χ4n) is 2.23. The Balaban J connectivity index is 2.25. The lowest BCUT2D eigenvalue weighted by Gasteiger charge is -2.16. The first kappa shape index (κ1) is 18.1. The van der Waals surface area contributed by atoms with Gasteiger partial charge in [-0.3, -0.25) is 10.1 Å². The zero-order chi connectivity index (χ0) is 18.4. The van der Waals surface area contributed by atoms with Gasteiger partial charge >= 0.3 is 5.97 Å². The van der Waals surface area contributed by atoms with E-state index in [9.17, 15) is 19.3 Å². The molecule has 0 heterocycles. The third kappa shape index (κ3) is 4.87. The number of halogens is 1. The van der Waals surface area contributed by atoms with Gasteiger partial charge in [0, 0.05) is 18.2 Å². The van der Waals surface area contributed by atoms with Crippen molar-refractivity contribution in [3.8, 4) is 0 Å². The van der Waals surface area contributed by atoms with E-state index in [1.807, 2.05) is 6.92 Å². The number of benzene rings is 2. The van der Waals surface area contributed by atoms with Gasteiger partial charge in [-0.2, -0.15) is 0 Å². The highest BCUT2D eigenvalue weighted by Gasteiger charge is 2.16. The third-order valence-electron chi connectivity index (χ3n) is 3.57. The zero-order valence-electron chi connectivity index (χ0n) is 13.7. The second-order valence-electron chi connectivity index (χ2n) is 5.31. The highest BCUT2D eigenvalue weighted by molar-refractivity contribution is 5.87. The van der Waals surface area contributed by atoms with Crippen molar-refractivity contribution in [1.29, 1.82) is 0 Å². The van der Waals surface area contributed by atoms with Gasteiger partial charge in [-0.05, 0) is 42.3 Å². The van der Waals surface area contributed by atoms with Crippen molar-refractivity contribution in [2.45, 2.75) is 13.0 Å². The summed E-state index contributed by atoms with van der Waals surface area (Å²) in [5.41, 5.74) is 1.50. The molecular weight excluding hydrogens is 327 g/mol. The number of nitro groups is 1. The van der Waals surface area contributed by atoms with Gasteiger partial charge in [0.15, 0.2) is 0 Å². The summed E-state index contributed by atoms with van der Waals surface area (Å²) in [6.45, 7) is 1.82. The molecule has 25 heavy (non-hydrogen) atoms. The van der Waals surface area contributed by atoms with Crippen molar-refractivity contribution in [3.05, 3.63) is 75.6 Å². The van der Waals surface area contributed by atoms with Crippen LogP contribution in [0.1, 0.15) is 24.1 Å². The molecule has 0 aliphatic heterocycles. The second-order valence-corrected chi connectivity index (χ2v) is 5.31. The van der Waals surface area contributed by atoms with E-state index in [0.29, 0.717) is 11.3 Å². The number of ether oxygens (including phenoxy) is 1. The highest BCUT2D eigenvalue weighted by atomic mass is 19.1. The van der Waals surface area contributed by atoms with Crippen molar-refractivity contribution in [2.24, 2.45) is 0 Å². The average molecular weight is 344 g/mol. The summed E-state index contributed by atoms with van der Waals surface area (Å²) in [5.74, 6) is -0.890. The summed E-state index contributed by atoms with van der Waals surface area (Å²) in [4.78, 5) is 21.9. The summed E-state index contributed by atoms with van der Waals surface area (Å²) in [6, 6.07) is 10.2. The average Bonchev–Trinajstić information content (AvgIpc) is 2.60. The first-order valence-corrected chi connectivity index (χ1v) is 7.47. The van der Waals surface area contributed by atoms with Crippen molar-refractivity contribution in [1.82, 2.24) is 0 Å². The quantitative estimate of drug-likeness (QED) is 0.369. The summed E-state index contributed by atoms with van der Waals surface area (Å²) >= 11 is 0.